The second-order valence-corrected chi connectivity index (χ2v) is 4.82. The summed E-state index contributed by atoms with van der Waals surface area (Å²) >= 11 is 0. The molecule has 80 valence electrons. The fourth-order valence-electron chi connectivity index (χ4n) is 2.83. The molecule has 1 saturated heterocycles. The van der Waals surface area contributed by atoms with Crippen molar-refractivity contribution in [1.82, 2.24) is 4.90 Å². The van der Waals surface area contributed by atoms with Gasteiger partial charge in [-0.15, -0.1) is 0 Å². The Kier molecular flexibility index (Phi) is 3.22. The van der Waals surface area contributed by atoms with Gasteiger partial charge in [0.1, 0.15) is 5.78 Å². The zero-order valence-electron chi connectivity index (χ0n) is 9.17. The van der Waals surface area contributed by atoms with E-state index in [4.69, 9.17) is 0 Å². The standard InChI is InChI=1S/C12H21NO/c1-2-10-5-7-13(8-6-10)11-3-4-12(14)9-11/h10-11H,2-9H2,1H3. The van der Waals surface area contributed by atoms with Crippen LogP contribution in [-0.2, 0) is 4.79 Å². The fraction of sp³-hybridized carbons (Fsp3) is 0.917. The topological polar surface area (TPSA) is 20.3 Å². The highest BCUT2D eigenvalue weighted by Crippen LogP contribution is 2.27. The molecule has 2 aliphatic rings. The number of hydrogen-bond acceptors (Lipinski definition) is 2. The van der Waals surface area contributed by atoms with Gasteiger partial charge < -0.3 is 0 Å². The predicted octanol–water partition coefficient (Wildman–Crippen LogP) is 2.23. The summed E-state index contributed by atoms with van der Waals surface area (Å²) in [7, 11) is 0. The van der Waals surface area contributed by atoms with Gasteiger partial charge in [0, 0.05) is 18.9 Å². The molecule has 2 fully saturated rings. The maximum absolute atomic E-state index is 11.2. The number of ketones is 1. The van der Waals surface area contributed by atoms with Gasteiger partial charge >= 0.3 is 0 Å². The summed E-state index contributed by atoms with van der Waals surface area (Å²) in [5, 5.41) is 0. The minimum atomic E-state index is 0.479. The zero-order valence-corrected chi connectivity index (χ0v) is 9.17. The predicted molar refractivity (Wildman–Crippen MR) is 57.2 cm³/mol. The Morgan fingerprint density at radius 3 is 2.50 bits per heavy atom. The Morgan fingerprint density at radius 1 is 1.29 bits per heavy atom. The minimum Gasteiger partial charge on any atom is -0.300 e. The number of Topliss-reactive ketones (excluding diaryl/α,β-unsaturated/α-hetero) is 1. The van der Waals surface area contributed by atoms with Gasteiger partial charge in [0.25, 0.3) is 0 Å². The van der Waals surface area contributed by atoms with E-state index < -0.39 is 0 Å². The third-order valence-electron chi connectivity index (χ3n) is 3.96. The Morgan fingerprint density at radius 2 is 2.00 bits per heavy atom. The van der Waals surface area contributed by atoms with Crippen molar-refractivity contribution >= 4 is 5.78 Å². The quantitative estimate of drug-likeness (QED) is 0.673. The molecule has 2 rings (SSSR count). The first-order valence-electron chi connectivity index (χ1n) is 6.05. The van der Waals surface area contributed by atoms with E-state index in [2.05, 4.69) is 11.8 Å². The van der Waals surface area contributed by atoms with Crippen LogP contribution in [0.3, 0.4) is 0 Å². The van der Waals surface area contributed by atoms with Crippen molar-refractivity contribution in [2.45, 2.75) is 51.5 Å². The van der Waals surface area contributed by atoms with E-state index in [1.54, 1.807) is 0 Å². The van der Waals surface area contributed by atoms with Crippen molar-refractivity contribution in [2.24, 2.45) is 5.92 Å². The summed E-state index contributed by atoms with van der Waals surface area (Å²) in [6, 6.07) is 0.598. The summed E-state index contributed by atoms with van der Waals surface area (Å²) in [4.78, 5) is 13.7. The largest absolute Gasteiger partial charge is 0.300 e. The molecule has 0 aromatic rings. The van der Waals surface area contributed by atoms with Crippen molar-refractivity contribution in [2.75, 3.05) is 13.1 Å². The molecule has 14 heavy (non-hydrogen) atoms. The van der Waals surface area contributed by atoms with Crippen LogP contribution in [-0.4, -0.2) is 29.8 Å². The molecule has 1 aliphatic heterocycles. The maximum atomic E-state index is 11.2. The number of hydrogen-bond donors (Lipinski definition) is 0. The van der Waals surface area contributed by atoms with Gasteiger partial charge in [-0.2, -0.15) is 0 Å². The number of carbonyl (C=O) groups excluding carboxylic acids is 1. The van der Waals surface area contributed by atoms with E-state index in [0.717, 1.165) is 25.2 Å². The van der Waals surface area contributed by atoms with Crippen LogP contribution in [0.5, 0.6) is 0 Å². The molecule has 1 heterocycles. The highest BCUT2D eigenvalue weighted by molar-refractivity contribution is 5.81. The van der Waals surface area contributed by atoms with Crippen molar-refractivity contribution in [1.29, 1.82) is 0 Å². The van der Waals surface area contributed by atoms with Gasteiger partial charge in [-0.1, -0.05) is 13.3 Å². The van der Waals surface area contributed by atoms with Crippen molar-refractivity contribution in [3.05, 3.63) is 0 Å². The van der Waals surface area contributed by atoms with Gasteiger partial charge in [0.05, 0.1) is 0 Å². The monoisotopic (exact) mass is 195 g/mol. The fourth-order valence-corrected chi connectivity index (χ4v) is 2.83. The molecule has 0 bridgehead atoms. The zero-order chi connectivity index (χ0) is 9.97. The molecule has 1 unspecified atom stereocenters. The number of rotatable bonds is 2. The van der Waals surface area contributed by atoms with E-state index in [-0.39, 0.29) is 0 Å². The number of nitrogens with zero attached hydrogens (tertiary/aromatic N) is 1. The van der Waals surface area contributed by atoms with Gasteiger partial charge in [-0.3, -0.25) is 9.69 Å². The first kappa shape index (κ1) is 10.2. The molecule has 0 aromatic heterocycles. The van der Waals surface area contributed by atoms with Gasteiger partial charge in [-0.05, 0) is 38.3 Å². The maximum Gasteiger partial charge on any atom is 0.134 e. The molecular formula is C12H21NO. The number of likely N-dealkylation sites (tertiary alicyclic amines) is 1. The van der Waals surface area contributed by atoms with Crippen molar-refractivity contribution < 1.29 is 4.79 Å². The highest BCUT2D eigenvalue weighted by Gasteiger charge is 2.29. The Hall–Kier alpha value is -0.370. The summed E-state index contributed by atoms with van der Waals surface area (Å²) < 4.78 is 0. The van der Waals surface area contributed by atoms with Gasteiger partial charge in [0.15, 0.2) is 0 Å². The average Bonchev–Trinajstić information content (AvgIpc) is 2.65. The third-order valence-corrected chi connectivity index (χ3v) is 3.96. The Labute approximate surface area is 86.7 Å². The summed E-state index contributed by atoms with van der Waals surface area (Å²) in [6.07, 6.45) is 6.81. The lowest BCUT2D eigenvalue weighted by molar-refractivity contribution is -0.117. The molecule has 0 aromatic carbocycles. The van der Waals surface area contributed by atoms with E-state index in [0.29, 0.717) is 11.8 Å². The van der Waals surface area contributed by atoms with Gasteiger partial charge in [-0.25, -0.2) is 0 Å². The normalized spacial score (nSPS) is 31.2. The SMILES string of the molecule is CCC1CCN(C2CCC(=O)C2)CC1. The van der Waals surface area contributed by atoms with Crippen LogP contribution in [0.4, 0.5) is 0 Å². The van der Waals surface area contributed by atoms with Crippen LogP contribution >= 0.6 is 0 Å². The number of carbonyl (C=O) groups is 1. The molecule has 1 atom stereocenters. The number of piperidine rings is 1. The Balaban J connectivity index is 1.80. The Bertz CT molecular complexity index is 206. The molecule has 2 nitrogen and oxygen atoms in total. The van der Waals surface area contributed by atoms with E-state index in [9.17, 15) is 4.79 Å². The van der Waals surface area contributed by atoms with Crippen molar-refractivity contribution in [3.63, 3.8) is 0 Å². The molecule has 1 aliphatic carbocycles. The van der Waals surface area contributed by atoms with Crippen LogP contribution in [0.1, 0.15) is 45.4 Å². The van der Waals surface area contributed by atoms with Crippen LogP contribution in [0.25, 0.3) is 0 Å². The molecule has 0 N–H and O–H groups in total. The van der Waals surface area contributed by atoms with Crippen LogP contribution < -0.4 is 0 Å². The first-order valence-corrected chi connectivity index (χ1v) is 6.05. The van der Waals surface area contributed by atoms with E-state index in [1.807, 2.05) is 0 Å². The second-order valence-electron chi connectivity index (χ2n) is 4.82. The molecule has 0 spiro atoms. The van der Waals surface area contributed by atoms with Crippen LogP contribution in [0, 0.1) is 5.92 Å². The molecule has 2 heteroatoms. The lowest BCUT2D eigenvalue weighted by atomic mass is 9.93. The highest BCUT2D eigenvalue weighted by atomic mass is 16.1. The average molecular weight is 195 g/mol. The van der Waals surface area contributed by atoms with Crippen LogP contribution in [0.15, 0.2) is 0 Å². The lowest BCUT2D eigenvalue weighted by Crippen LogP contribution is -2.40. The smallest absolute Gasteiger partial charge is 0.134 e. The summed E-state index contributed by atoms with van der Waals surface area (Å²) in [5.41, 5.74) is 0. The summed E-state index contributed by atoms with van der Waals surface area (Å²) in [5.74, 6) is 1.43. The lowest BCUT2D eigenvalue weighted by Gasteiger charge is -2.35. The second kappa shape index (κ2) is 4.43. The van der Waals surface area contributed by atoms with Crippen LogP contribution in [0.2, 0.25) is 0 Å². The van der Waals surface area contributed by atoms with E-state index in [1.165, 1.54) is 32.4 Å². The molecular weight excluding hydrogens is 174 g/mol. The molecule has 0 amide bonds. The summed E-state index contributed by atoms with van der Waals surface area (Å²) in [6.45, 7) is 4.76. The third kappa shape index (κ3) is 2.17. The molecule has 1 saturated carbocycles. The van der Waals surface area contributed by atoms with E-state index >= 15 is 0 Å². The minimum absolute atomic E-state index is 0.479. The first-order chi connectivity index (χ1) is 6.79. The molecule has 0 radical (unpaired) electrons. The van der Waals surface area contributed by atoms with Crippen molar-refractivity contribution in [3.8, 4) is 0 Å². The van der Waals surface area contributed by atoms with Gasteiger partial charge in [0.2, 0.25) is 0 Å².